The zero-order valence-electron chi connectivity index (χ0n) is 14.6. The Labute approximate surface area is 157 Å². The Balaban J connectivity index is 1.65. The molecule has 26 heavy (non-hydrogen) atoms. The van der Waals surface area contributed by atoms with Gasteiger partial charge in [0, 0.05) is 16.1 Å². The van der Waals surface area contributed by atoms with Gasteiger partial charge in [-0.25, -0.2) is 9.13 Å². The summed E-state index contributed by atoms with van der Waals surface area (Å²) in [7, 11) is 1.67. The number of Topliss-reactive ketones (excluding diaryl/α,β-unsaturated/α-hetero) is 1. The molecule has 1 aliphatic heterocycles. The molecule has 4 nitrogen and oxygen atoms in total. The van der Waals surface area contributed by atoms with Gasteiger partial charge in [0.2, 0.25) is 5.78 Å². The van der Waals surface area contributed by atoms with Gasteiger partial charge in [-0.15, -0.1) is 0 Å². The SMILES string of the molecule is COc1ccc(-c2c[n+](CC(=O)c3ccc(Cl)cc3)c3n2CCC3)cc1. The van der Waals surface area contributed by atoms with Crippen molar-refractivity contribution >= 4 is 17.4 Å². The minimum absolute atomic E-state index is 0.0910. The molecule has 0 spiro atoms. The topological polar surface area (TPSA) is 35.1 Å². The van der Waals surface area contributed by atoms with Crippen molar-refractivity contribution in [2.45, 2.75) is 25.9 Å². The van der Waals surface area contributed by atoms with Gasteiger partial charge in [0.15, 0.2) is 12.2 Å². The fraction of sp³-hybridized carbons (Fsp3) is 0.238. The number of hydrogen-bond donors (Lipinski definition) is 0. The van der Waals surface area contributed by atoms with E-state index in [4.69, 9.17) is 16.3 Å². The molecule has 0 atom stereocenters. The van der Waals surface area contributed by atoms with Crippen molar-refractivity contribution in [3.63, 3.8) is 0 Å². The number of ketones is 1. The van der Waals surface area contributed by atoms with Crippen molar-refractivity contribution in [3.8, 4) is 17.0 Å². The highest BCUT2D eigenvalue weighted by Gasteiger charge is 2.29. The highest BCUT2D eigenvalue weighted by Crippen LogP contribution is 2.26. The molecule has 0 radical (unpaired) electrons. The molecule has 0 saturated heterocycles. The van der Waals surface area contributed by atoms with E-state index in [1.807, 2.05) is 12.1 Å². The third-order valence-electron chi connectivity index (χ3n) is 4.86. The van der Waals surface area contributed by atoms with Crippen LogP contribution in [0.15, 0.2) is 54.7 Å². The molecule has 1 aliphatic rings. The van der Waals surface area contributed by atoms with E-state index in [1.165, 1.54) is 5.82 Å². The molecule has 0 bridgehead atoms. The number of benzene rings is 2. The molecular weight excluding hydrogens is 348 g/mol. The molecular formula is C21H20ClN2O2+. The first-order valence-corrected chi connectivity index (χ1v) is 9.08. The summed E-state index contributed by atoms with van der Waals surface area (Å²) in [4.78, 5) is 12.7. The number of carbonyl (C=O) groups excluding carboxylic acids is 1. The Morgan fingerprint density at radius 2 is 1.88 bits per heavy atom. The number of aromatic nitrogens is 2. The lowest BCUT2D eigenvalue weighted by Crippen LogP contribution is -2.40. The Morgan fingerprint density at radius 1 is 1.15 bits per heavy atom. The van der Waals surface area contributed by atoms with Crippen LogP contribution in [-0.2, 0) is 19.5 Å². The molecule has 4 rings (SSSR count). The number of carbonyl (C=O) groups is 1. The first-order chi connectivity index (χ1) is 12.7. The minimum atomic E-state index is 0.0910. The molecule has 2 heterocycles. The molecule has 3 aromatic rings. The van der Waals surface area contributed by atoms with Crippen LogP contribution >= 0.6 is 11.6 Å². The summed E-state index contributed by atoms with van der Waals surface area (Å²) in [6.07, 6.45) is 4.18. The first kappa shape index (κ1) is 16.9. The maximum Gasteiger partial charge on any atom is 0.257 e. The van der Waals surface area contributed by atoms with E-state index in [0.717, 1.165) is 36.4 Å². The molecule has 0 unspecified atom stereocenters. The molecule has 5 heteroatoms. The third-order valence-corrected chi connectivity index (χ3v) is 5.11. The molecule has 0 N–H and O–H groups in total. The molecule has 0 fully saturated rings. The van der Waals surface area contributed by atoms with Gasteiger partial charge < -0.3 is 4.74 Å². The second-order valence-electron chi connectivity index (χ2n) is 6.47. The van der Waals surface area contributed by atoms with E-state index < -0.39 is 0 Å². The summed E-state index contributed by atoms with van der Waals surface area (Å²) in [5.41, 5.74) is 2.96. The Hall–Kier alpha value is -2.59. The van der Waals surface area contributed by atoms with Crippen LogP contribution < -0.4 is 9.30 Å². The molecule has 1 aromatic heterocycles. The lowest BCUT2D eigenvalue weighted by Gasteiger charge is -2.01. The van der Waals surface area contributed by atoms with Crippen LogP contribution in [0, 0.1) is 0 Å². The number of halogens is 1. The number of methoxy groups -OCH3 is 1. The lowest BCUT2D eigenvalue weighted by atomic mass is 10.1. The van der Waals surface area contributed by atoms with Gasteiger partial charge >= 0.3 is 0 Å². The van der Waals surface area contributed by atoms with Gasteiger partial charge in [-0.2, -0.15) is 0 Å². The predicted octanol–water partition coefficient (Wildman–Crippen LogP) is 3.93. The fourth-order valence-corrected chi connectivity index (χ4v) is 3.65. The maximum absolute atomic E-state index is 12.7. The van der Waals surface area contributed by atoms with Crippen LogP contribution in [-0.4, -0.2) is 17.5 Å². The molecule has 132 valence electrons. The number of imidazole rings is 1. The zero-order valence-corrected chi connectivity index (χ0v) is 15.4. The summed E-state index contributed by atoms with van der Waals surface area (Å²) in [6.45, 7) is 1.33. The molecule has 2 aromatic carbocycles. The Bertz CT molecular complexity index is 943. The monoisotopic (exact) mass is 367 g/mol. The average molecular weight is 368 g/mol. The van der Waals surface area contributed by atoms with E-state index in [9.17, 15) is 4.79 Å². The molecule has 0 aliphatic carbocycles. The highest BCUT2D eigenvalue weighted by atomic mass is 35.5. The van der Waals surface area contributed by atoms with Gasteiger partial charge in [0.1, 0.15) is 11.9 Å². The summed E-state index contributed by atoms with van der Waals surface area (Å²) in [6, 6.07) is 15.1. The third kappa shape index (κ3) is 3.13. The van der Waals surface area contributed by atoms with Crippen LogP contribution in [0.25, 0.3) is 11.3 Å². The minimum Gasteiger partial charge on any atom is -0.497 e. The summed E-state index contributed by atoms with van der Waals surface area (Å²) < 4.78 is 9.65. The normalized spacial score (nSPS) is 12.8. The Kier molecular flexibility index (Phi) is 4.51. The van der Waals surface area contributed by atoms with Gasteiger partial charge in [0.25, 0.3) is 5.82 Å². The summed E-state index contributed by atoms with van der Waals surface area (Å²) >= 11 is 5.92. The summed E-state index contributed by atoms with van der Waals surface area (Å²) in [5.74, 6) is 2.14. The number of nitrogens with zero attached hydrogens (tertiary/aromatic N) is 2. The van der Waals surface area contributed by atoms with Crippen molar-refractivity contribution in [1.29, 1.82) is 0 Å². The van der Waals surface area contributed by atoms with Crippen LogP contribution in [0.4, 0.5) is 0 Å². The van der Waals surface area contributed by atoms with Crippen molar-refractivity contribution in [3.05, 3.63) is 71.1 Å². The van der Waals surface area contributed by atoms with E-state index in [0.29, 0.717) is 17.1 Å². The number of fused-ring (bicyclic) bond motifs is 1. The predicted molar refractivity (Wildman–Crippen MR) is 101 cm³/mol. The zero-order chi connectivity index (χ0) is 18.1. The maximum atomic E-state index is 12.7. The number of ether oxygens (including phenoxy) is 1. The Morgan fingerprint density at radius 3 is 2.58 bits per heavy atom. The van der Waals surface area contributed by atoms with E-state index in [1.54, 1.807) is 31.4 Å². The largest absolute Gasteiger partial charge is 0.497 e. The fourth-order valence-electron chi connectivity index (χ4n) is 3.52. The summed E-state index contributed by atoms with van der Waals surface area (Å²) in [5, 5.41) is 0.640. The van der Waals surface area contributed by atoms with Crippen molar-refractivity contribution in [1.82, 2.24) is 4.57 Å². The van der Waals surface area contributed by atoms with Gasteiger partial charge in [-0.3, -0.25) is 4.79 Å². The average Bonchev–Trinajstić information content (AvgIpc) is 3.26. The standard InChI is InChI=1S/C21H20ClN2O2/c1-26-18-10-6-15(7-11-18)19-13-23(21-3-2-12-24(19)21)14-20(25)16-4-8-17(22)9-5-16/h4-11,13H,2-3,12,14H2,1H3/q+1. The number of rotatable bonds is 5. The molecule has 0 saturated carbocycles. The van der Waals surface area contributed by atoms with Crippen LogP contribution in [0.3, 0.4) is 0 Å². The van der Waals surface area contributed by atoms with Crippen molar-refractivity contribution in [2.75, 3.05) is 7.11 Å². The van der Waals surface area contributed by atoms with Gasteiger partial charge in [-0.05, 0) is 55.0 Å². The van der Waals surface area contributed by atoms with Gasteiger partial charge in [0.05, 0.1) is 20.1 Å². The smallest absolute Gasteiger partial charge is 0.257 e. The lowest BCUT2D eigenvalue weighted by molar-refractivity contribution is -0.689. The van der Waals surface area contributed by atoms with Crippen molar-refractivity contribution in [2.24, 2.45) is 0 Å². The van der Waals surface area contributed by atoms with Crippen LogP contribution in [0.2, 0.25) is 5.02 Å². The highest BCUT2D eigenvalue weighted by molar-refractivity contribution is 6.30. The molecule has 0 amide bonds. The first-order valence-electron chi connectivity index (χ1n) is 8.71. The quantitative estimate of drug-likeness (QED) is 0.506. The second kappa shape index (κ2) is 6.96. The van der Waals surface area contributed by atoms with Crippen molar-refractivity contribution < 1.29 is 14.1 Å². The van der Waals surface area contributed by atoms with Gasteiger partial charge in [-0.1, -0.05) is 11.6 Å². The number of hydrogen-bond acceptors (Lipinski definition) is 2. The van der Waals surface area contributed by atoms with Crippen LogP contribution in [0.1, 0.15) is 22.6 Å². The second-order valence-corrected chi connectivity index (χ2v) is 6.91. The van der Waals surface area contributed by atoms with E-state index >= 15 is 0 Å². The van der Waals surface area contributed by atoms with E-state index in [-0.39, 0.29) is 5.78 Å². The van der Waals surface area contributed by atoms with Crippen LogP contribution in [0.5, 0.6) is 5.75 Å². The van der Waals surface area contributed by atoms with E-state index in [2.05, 4.69) is 27.5 Å².